The fraction of sp³-hybridized carbons (Fsp3) is 0.375. The Kier molecular flexibility index (Phi) is 6.67. The third kappa shape index (κ3) is 4.67. The number of fused-ring (bicyclic) bond motifs is 3. The number of benzene rings is 2. The molecule has 1 aliphatic carbocycles. The highest BCUT2D eigenvalue weighted by molar-refractivity contribution is 6.22. The molecule has 2 N–H and O–H groups in total. The van der Waals surface area contributed by atoms with Gasteiger partial charge in [-0.25, -0.2) is 24.5 Å². The molecular weight excluding hydrogens is 594 g/mol. The van der Waals surface area contributed by atoms with Crippen LogP contribution in [0.25, 0.3) is 10.9 Å². The molecule has 2 unspecified atom stereocenters. The minimum atomic E-state index is -1.34. The molecular formula is C32H33N7O7. The number of anilines is 4. The average Bonchev–Trinajstić information content (AvgIpc) is 3.57. The summed E-state index contributed by atoms with van der Waals surface area (Å²) in [6, 6.07) is 12.3. The number of methoxy groups -OCH3 is 2. The molecule has 14 heteroatoms. The van der Waals surface area contributed by atoms with E-state index < -0.39 is 29.1 Å². The summed E-state index contributed by atoms with van der Waals surface area (Å²) >= 11 is 0. The molecule has 0 radical (unpaired) electrons. The molecule has 2 aromatic heterocycles. The quantitative estimate of drug-likeness (QED) is 0.305. The number of hydrogen-bond donors (Lipinski definition) is 2. The van der Waals surface area contributed by atoms with Crippen LogP contribution in [-0.2, 0) is 19.7 Å². The largest absolute Gasteiger partial charge is 0.497 e. The predicted molar refractivity (Wildman–Crippen MR) is 167 cm³/mol. The Labute approximate surface area is 263 Å². The lowest BCUT2D eigenvalue weighted by Crippen LogP contribution is -2.52. The van der Waals surface area contributed by atoms with Crippen LogP contribution in [0.4, 0.5) is 32.7 Å². The first kappa shape index (κ1) is 29.5. The monoisotopic (exact) mass is 627 g/mol. The van der Waals surface area contributed by atoms with E-state index in [9.17, 15) is 19.5 Å². The van der Waals surface area contributed by atoms with Crippen molar-refractivity contribution >= 4 is 52.1 Å². The van der Waals surface area contributed by atoms with Crippen molar-refractivity contribution < 1.29 is 33.7 Å². The molecule has 14 nitrogen and oxygen atoms in total. The van der Waals surface area contributed by atoms with E-state index in [-0.39, 0.29) is 12.0 Å². The highest BCUT2D eigenvalue weighted by Gasteiger charge is 2.68. The molecule has 3 aliphatic rings. The van der Waals surface area contributed by atoms with Crippen LogP contribution in [0.1, 0.15) is 44.2 Å². The molecule has 4 aromatic rings. The predicted octanol–water partition coefficient (Wildman–Crippen LogP) is 4.65. The Morgan fingerprint density at radius 1 is 1.07 bits per heavy atom. The van der Waals surface area contributed by atoms with Gasteiger partial charge in [-0.2, -0.15) is 4.68 Å². The van der Waals surface area contributed by atoms with E-state index in [4.69, 9.17) is 14.2 Å². The van der Waals surface area contributed by atoms with Gasteiger partial charge in [0.15, 0.2) is 5.82 Å². The second-order valence-corrected chi connectivity index (χ2v) is 12.7. The molecule has 2 amide bonds. The Bertz CT molecular complexity index is 1910. The number of imide groups is 1. The van der Waals surface area contributed by atoms with Crippen LogP contribution in [-0.4, -0.2) is 82.0 Å². The summed E-state index contributed by atoms with van der Waals surface area (Å²) < 4.78 is 17.6. The molecule has 2 aliphatic heterocycles. The number of carbonyl (C=O) groups is 3. The van der Waals surface area contributed by atoms with Gasteiger partial charge in [-0.05, 0) is 68.7 Å². The van der Waals surface area contributed by atoms with Gasteiger partial charge in [-0.15, -0.1) is 5.10 Å². The first-order valence-corrected chi connectivity index (χ1v) is 14.8. The van der Waals surface area contributed by atoms with Crippen molar-refractivity contribution in [2.24, 2.45) is 0 Å². The van der Waals surface area contributed by atoms with Crippen LogP contribution in [0, 0.1) is 0 Å². The molecule has 2 aromatic carbocycles. The van der Waals surface area contributed by atoms with Crippen molar-refractivity contribution in [3.8, 4) is 5.75 Å². The molecule has 4 heterocycles. The average molecular weight is 628 g/mol. The molecule has 2 fully saturated rings. The van der Waals surface area contributed by atoms with E-state index in [1.807, 2.05) is 18.2 Å². The zero-order valence-corrected chi connectivity index (χ0v) is 26.0. The summed E-state index contributed by atoms with van der Waals surface area (Å²) in [5.74, 6) is 1.28. The second-order valence-electron chi connectivity index (χ2n) is 12.7. The summed E-state index contributed by atoms with van der Waals surface area (Å²) in [6.07, 6.45) is 0.000646. The van der Waals surface area contributed by atoms with Crippen LogP contribution in [0.3, 0.4) is 0 Å². The normalized spacial score (nSPS) is 20.5. The van der Waals surface area contributed by atoms with Gasteiger partial charge in [0.1, 0.15) is 29.3 Å². The molecule has 1 saturated carbocycles. The summed E-state index contributed by atoms with van der Waals surface area (Å²) in [5.41, 5.74) is 0.303. The van der Waals surface area contributed by atoms with Gasteiger partial charge in [-0.3, -0.25) is 4.79 Å². The highest BCUT2D eigenvalue weighted by atomic mass is 16.6. The number of rotatable bonds is 6. The minimum absolute atomic E-state index is 0.155. The summed E-state index contributed by atoms with van der Waals surface area (Å²) in [5, 5.41) is 18.3. The fourth-order valence-electron chi connectivity index (χ4n) is 6.38. The lowest BCUT2D eigenvalue weighted by Gasteiger charge is -2.38. The summed E-state index contributed by atoms with van der Waals surface area (Å²) in [7, 11) is 3.20. The topological polar surface area (TPSA) is 161 Å². The molecule has 1 saturated heterocycles. The first-order chi connectivity index (χ1) is 21.9. The molecule has 0 bridgehead atoms. The SMILES string of the molecule is COc1ccc2c(c1)C1(CC1c1ccc3c(Nc4cc(N5CC(OC)C5)ncn4)nn(C(=O)OC(C)(C)C)c3c1)C(=O)N2C(=O)O. The maximum atomic E-state index is 13.7. The first-order valence-electron chi connectivity index (χ1n) is 14.8. The fourth-order valence-corrected chi connectivity index (χ4v) is 6.38. The van der Waals surface area contributed by atoms with Crippen LogP contribution in [0.15, 0.2) is 48.8 Å². The van der Waals surface area contributed by atoms with Crippen LogP contribution >= 0.6 is 0 Å². The van der Waals surface area contributed by atoms with E-state index in [0.717, 1.165) is 29.4 Å². The van der Waals surface area contributed by atoms with Crippen LogP contribution < -0.4 is 19.9 Å². The summed E-state index contributed by atoms with van der Waals surface area (Å²) in [4.78, 5) is 50.9. The zero-order chi connectivity index (χ0) is 32.5. The molecule has 7 rings (SSSR count). The maximum absolute atomic E-state index is 13.7. The number of hydrogen-bond acceptors (Lipinski definition) is 11. The number of carboxylic acid groups (broad SMARTS) is 1. The van der Waals surface area contributed by atoms with E-state index in [1.54, 1.807) is 52.1 Å². The number of ether oxygens (including phenoxy) is 3. The van der Waals surface area contributed by atoms with Crippen molar-refractivity contribution in [2.45, 2.75) is 50.2 Å². The number of amides is 2. The number of aromatic nitrogens is 4. The van der Waals surface area contributed by atoms with Gasteiger partial charge in [0.25, 0.3) is 0 Å². The Hall–Kier alpha value is -5.24. The Morgan fingerprint density at radius 2 is 1.85 bits per heavy atom. The molecule has 1 spiro atoms. The van der Waals surface area contributed by atoms with E-state index >= 15 is 0 Å². The van der Waals surface area contributed by atoms with Crippen molar-refractivity contribution in [3.05, 3.63) is 59.9 Å². The van der Waals surface area contributed by atoms with Gasteiger partial charge in [0.2, 0.25) is 5.91 Å². The van der Waals surface area contributed by atoms with Crippen LogP contribution in [0.2, 0.25) is 0 Å². The minimum Gasteiger partial charge on any atom is -0.497 e. The summed E-state index contributed by atoms with van der Waals surface area (Å²) in [6.45, 7) is 6.75. The van der Waals surface area contributed by atoms with Gasteiger partial charge in [-0.1, -0.05) is 6.07 Å². The molecule has 238 valence electrons. The van der Waals surface area contributed by atoms with Crippen molar-refractivity contribution in [1.29, 1.82) is 0 Å². The Balaban J connectivity index is 1.26. The van der Waals surface area contributed by atoms with Crippen molar-refractivity contribution in [3.63, 3.8) is 0 Å². The van der Waals surface area contributed by atoms with E-state index in [0.29, 0.717) is 46.0 Å². The maximum Gasteiger partial charge on any atom is 0.435 e. The third-order valence-corrected chi connectivity index (χ3v) is 8.74. The lowest BCUT2D eigenvalue weighted by atomic mass is 9.91. The second kappa shape index (κ2) is 10.4. The standard InChI is InChI=1S/C32H33N7O7/c1-31(2,3)46-30(43)39-24-10-17(22-13-32(22)21-11-18(44-4)7-9-23(21)38(28(32)40)29(41)42)6-8-20(24)27(36-39)35-25-12-26(34-16-33-25)37-14-19(15-37)45-5/h6-12,16,19,22H,13-15H2,1-5H3,(H,41,42)(H,33,34,35,36). The Morgan fingerprint density at radius 3 is 2.54 bits per heavy atom. The van der Waals surface area contributed by atoms with Crippen LogP contribution in [0.5, 0.6) is 5.75 Å². The van der Waals surface area contributed by atoms with Gasteiger partial charge in [0, 0.05) is 37.6 Å². The lowest BCUT2D eigenvalue weighted by molar-refractivity contribution is -0.119. The molecule has 2 atom stereocenters. The zero-order valence-electron chi connectivity index (χ0n) is 26.0. The number of carbonyl (C=O) groups excluding carboxylic acids is 2. The highest BCUT2D eigenvalue weighted by Crippen LogP contribution is 2.67. The van der Waals surface area contributed by atoms with Crippen molar-refractivity contribution in [1.82, 2.24) is 19.7 Å². The van der Waals surface area contributed by atoms with E-state index in [2.05, 4.69) is 25.3 Å². The third-order valence-electron chi connectivity index (χ3n) is 8.74. The number of nitrogens with one attached hydrogen (secondary N) is 1. The smallest absolute Gasteiger partial charge is 0.435 e. The van der Waals surface area contributed by atoms with Gasteiger partial charge in [0.05, 0.1) is 29.8 Å². The van der Waals surface area contributed by atoms with Gasteiger partial charge < -0.3 is 29.5 Å². The van der Waals surface area contributed by atoms with E-state index in [1.165, 1.54) is 18.1 Å². The number of nitrogens with zero attached hydrogens (tertiary/aromatic N) is 6. The molecule has 46 heavy (non-hydrogen) atoms. The van der Waals surface area contributed by atoms with Gasteiger partial charge >= 0.3 is 12.2 Å². The van der Waals surface area contributed by atoms with Crippen molar-refractivity contribution in [2.75, 3.05) is 42.4 Å².